The topological polar surface area (TPSA) is 65.2 Å². The fourth-order valence-corrected chi connectivity index (χ4v) is 4.01. The first-order chi connectivity index (χ1) is 14.1. The summed E-state index contributed by atoms with van der Waals surface area (Å²) in [5, 5.41) is 4.12. The van der Waals surface area contributed by atoms with Crippen molar-refractivity contribution in [3.63, 3.8) is 0 Å². The van der Waals surface area contributed by atoms with Gasteiger partial charge in [0.05, 0.1) is 6.42 Å². The number of H-pyrrole nitrogens is 1. The predicted octanol–water partition coefficient (Wildman–Crippen LogP) is 4.15. The number of aromatic amines is 1. The number of anilines is 1. The lowest BCUT2D eigenvalue weighted by Crippen LogP contribution is -2.42. The van der Waals surface area contributed by atoms with Crippen molar-refractivity contribution in [1.29, 1.82) is 0 Å². The molecule has 2 heterocycles. The molecule has 0 saturated carbocycles. The first kappa shape index (κ1) is 19.2. The van der Waals surface area contributed by atoms with Crippen LogP contribution in [0.25, 0.3) is 10.9 Å². The Bertz CT molecular complexity index is 998. The summed E-state index contributed by atoms with van der Waals surface area (Å²) in [5.41, 5.74) is 4.17. The molecule has 0 unspecified atom stereocenters. The van der Waals surface area contributed by atoms with Crippen LogP contribution in [0, 0.1) is 5.92 Å². The molecule has 1 aliphatic heterocycles. The van der Waals surface area contributed by atoms with E-state index < -0.39 is 0 Å². The van der Waals surface area contributed by atoms with E-state index in [9.17, 15) is 9.59 Å². The highest BCUT2D eigenvalue weighted by Gasteiger charge is 2.27. The number of carbonyl (C=O) groups is 2. The summed E-state index contributed by atoms with van der Waals surface area (Å²) in [7, 11) is 0. The Kier molecular flexibility index (Phi) is 5.65. The number of carbonyl (C=O) groups excluding carboxylic acids is 2. The van der Waals surface area contributed by atoms with Crippen LogP contribution in [0.4, 0.5) is 5.69 Å². The largest absolute Gasteiger partial charge is 0.361 e. The fourth-order valence-electron chi connectivity index (χ4n) is 4.01. The fraction of sp³-hybridized carbons (Fsp3) is 0.333. The molecule has 150 valence electrons. The highest BCUT2D eigenvalue weighted by atomic mass is 16.2. The van der Waals surface area contributed by atoms with Crippen molar-refractivity contribution >= 4 is 28.4 Å². The Morgan fingerprint density at radius 2 is 1.79 bits per heavy atom. The second-order valence-corrected chi connectivity index (χ2v) is 7.73. The van der Waals surface area contributed by atoms with Crippen LogP contribution in [0.1, 0.15) is 30.9 Å². The maximum atomic E-state index is 12.7. The molecule has 1 aromatic heterocycles. The van der Waals surface area contributed by atoms with Gasteiger partial charge in [-0.1, -0.05) is 37.3 Å². The SMILES string of the molecule is CCc1ccc(NC(=O)C2CCN(C(=O)Cc3c[nH]c4ccccc34)CC2)cc1. The van der Waals surface area contributed by atoms with Gasteiger partial charge >= 0.3 is 0 Å². The lowest BCUT2D eigenvalue weighted by Gasteiger charge is -2.31. The van der Waals surface area contributed by atoms with Crippen LogP contribution >= 0.6 is 0 Å². The summed E-state index contributed by atoms with van der Waals surface area (Å²) in [5.74, 6) is 0.139. The van der Waals surface area contributed by atoms with Crippen LogP contribution in [0.5, 0.6) is 0 Å². The molecular formula is C24H27N3O2. The van der Waals surface area contributed by atoms with Crippen molar-refractivity contribution in [2.45, 2.75) is 32.6 Å². The number of nitrogens with one attached hydrogen (secondary N) is 2. The Morgan fingerprint density at radius 1 is 1.07 bits per heavy atom. The third kappa shape index (κ3) is 4.34. The average molecular weight is 389 g/mol. The van der Waals surface area contributed by atoms with Gasteiger partial charge in [-0.3, -0.25) is 9.59 Å². The van der Waals surface area contributed by atoms with E-state index in [1.807, 2.05) is 59.6 Å². The maximum absolute atomic E-state index is 12.7. The Hall–Kier alpha value is -3.08. The monoisotopic (exact) mass is 389 g/mol. The van der Waals surface area contributed by atoms with Crippen LogP contribution < -0.4 is 5.32 Å². The van der Waals surface area contributed by atoms with Gasteiger partial charge in [0.25, 0.3) is 0 Å². The van der Waals surface area contributed by atoms with Crippen LogP contribution in [-0.2, 0) is 22.4 Å². The molecule has 29 heavy (non-hydrogen) atoms. The van der Waals surface area contributed by atoms with Gasteiger partial charge < -0.3 is 15.2 Å². The molecule has 3 aromatic rings. The summed E-state index contributed by atoms with van der Waals surface area (Å²) in [6, 6.07) is 16.0. The first-order valence-electron chi connectivity index (χ1n) is 10.4. The summed E-state index contributed by atoms with van der Waals surface area (Å²) in [6.07, 6.45) is 4.72. The number of para-hydroxylation sites is 1. The van der Waals surface area contributed by atoms with Crippen molar-refractivity contribution in [1.82, 2.24) is 9.88 Å². The molecule has 2 amide bonds. The summed E-state index contributed by atoms with van der Waals surface area (Å²) < 4.78 is 0. The van der Waals surface area contributed by atoms with Crippen LogP contribution in [0.2, 0.25) is 0 Å². The number of fused-ring (bicyclic) bond motifs is 1. The summed E-state index contributed by atoms with van der Waals surface area (Å²) in [4.78, 5) is 30.4. The van der Waals surface area contributed by atoms with Gasteiger partial charge in [-0.15, -0.1) is 0 Å². The summed E-state index contributed by atoms with van der Waals surface area (Å²) >= 11 is 0. The molecule has 2 N–H and O–H groups in total. The molecule has 1 saturated heterocycles. The molecule has 5 heteroatoms. The van der Waals surface area contributed by atoms with Crippen molar-refractivity contribution in [2.24, 2.45) is 5.92 Å². The maximum Gasteiger partial charge on any atom is 0.227 e. The molecule has 0 atom stereocenters. The first-order valence-corrected chi connectivity index (χ1v) is 10.4. The van der Waals surface area contributed by atoms with E-state index in [-0.39, 0.29) is 17.7 Å². The van der Waals surface area contributed by atoms with Gasteiger partial charge in [-0.05, 0) is 48.6 Å². The zero-order valence-corrected chi connectivity index (χ0v) is 16.8. The Morgan fingerprint density at radius 3 is 2.52 bits per heavy atom. The van der Waals surface area contributed by atoms with E-state index in [4.69, 9.17) is 0 Å². The molecular weight excluding hydrogens is 362 g/mol. The third-order valence-corrected chi connectivity index (χ3v) is 5.86. The average Bonchev–Trinajstić information content (AvgIpc) is 3.17. The number of likely N-dealkylation sites (tertiary alicyclic amines) is 1. The van der Waals surface area contributed by atoms with Crippen molar-refractivity contribution in [3.05, 3.63) is 65.9 Å². The van der Waals surface area contributed by atoms with Crippen LogP contribution in [0.15, 0.2) is 54.7 Å². The molecule has 2 aromatic carbocycles. The lowest BCUT2D eigenvalue weighted by atomic mass is 9.95. The number of benzene rings is 2. The number of rotatable bonds is 5. The zero-order chi connectivity index (χ0) is 20.2. The molecule has 1 aliphatic rings. The molecule has 5 nitrogen and oxygen atoms in total. The molecule has 0 spiro atoms. The number of hydrogen-bond acceptors (Lipinski definition) is 2. The number of amides is 2. The third-order valence-electron chi connectivity index (χ3n) is 5.86. The second kappa shape index (κ2) is 8.52. The van der Waals surface area contributed by atoms with Crippen molar-refractivity contribution < 1.29 is 9.59 Å². The molecule has 4 rings (SSSR count). The van der Waals surface area contributed by atoms with E-state index in [0.29, 0.717) is 32.4 Å². The molecule has 0 aliphatic carbocycles. The predicted molar refractivity (Wildman–Crippen MR) is 116 cm³/mol. The normalized spacial score (nSPS) is 14.9. The van der Waals surface area contributed by atoms with Crippen LogP contribution in [0.3, 0.4) is 0 Å². The van der Waals surface area contributed by atoms with Gasteiger partial charge in [0.1, 0.15) is 0 Å². The number of aryl methyl sites for hydroxylation is 1. The standard InChI is InChI=1S/C24H27N3O2/c1-2-17-7-9-20(10-8-17)26-24(29)18-11-13-27(14-12-18)23(28)15-19-16-25-22-6-4-3-5-21(19)22/h3-10,16,18,25H,2,11-15H2,1H3,(H,26,29). The molecule has 0 bridgehead atoms. The van der Waals surface area contributed by atoms with Gasteiger partial charge in [0.15, 0.2) is 0 Å². The van der Waals surface area contributed by atoms with Gasteiger partial charge in [0, 0.05) is 41.8 Å². The van der Waals surface area contributed by atoms with E-state index in [2.05, 4.69) is 17.2 Å². The highest BCUT2D eigenvalue weighted by Crippen LogP contribution is 2.23. The quantitative estimate of drug-likeness (QED) is 0.688. The Labute approximate surface area is 171 Å². The van der Waals surface area contributed by atoms with E-state index in [1.54, 1.807) is 0 Å². The van der Waals surface area contributed by atoms with E-state index >= 15 is 0 Å². The summed E-state index contributed by atoms with van der Waals surface area (Å²) in [6.45, 7) is 3.38. The van der Waals surface area contributed by atoms with Gasteiger partial charge in [-0.25, -0.2) is 0 Å². The minimum atomic E-state index is -0.0435. The van der Waals surface area contributed by atoms with Crippen LogP contribution in [-0.4, -0.2) is 34.8 Å². The number of hydrogen-bond donors (Lipinski definition) is 2. The number of nitrogens with zero attached hydrogens (tertiary/aromatic N) is 1. The lowest BCUT2D eigenvalue weighted by molar-refractivity contribution is -0.133. The van der Waals surface area contributed by atoms with Crippen molar-refractivity contribution in [2.75, 3.05) is 18.4 Å². The van der Waals surface area contributed by atoms with Crippen molar-refractivity contribution in [3.8, 4) is 0 Å². The minimum Gasteiger partial charge on any atom is -0.361 e. The Balaban J connectivity index is 1.30. The molecule has 0 radical (unpaired) electrons. The second-order valence-electron chi connectivity index (χ2n) is 7.73. The van der Waals surface area contributed by atoms with E-state index in [0.717, 1.165) is 28.6 Å². The zero-order valence-electron chi connectivity index (χ0n) is 16.8. The number of aromatic nitrogens is 1. The van der Waals surface area contributed by atoms with E-state index in [1.165, 1.54) is 5.56 Å². The van der Waals surface area contributed by atoms with Gasteiger partial charge in [0.2, 0.25) is 11.8 Å². The van der Waals surface area contributed by atoms with Gasteiger partial charge in [-0.2, -0.15) is 0 Å². The highest BCUT2D eigenvalue weighted by molar-refractivity contribution is 5.93. The minimum absolute atomic E-state index is 0.0435. The molecule has 1 fully saturated rings. The smallest absolute Gasteiger partial charge is 0.227 e. The number of piperidine rings is 1.